The van der Waals surface area contributed by atoms with Crippen LogP contribution in [0, 0.1) is 0 Å². The summed E-state index contributed by atoms with van der Waals surface area (Å²) in [4.78, 5) is 18.9. The molecule has 0 aromatic carbocycles. The van der Waals surface area contributed by atoms with Crippen LogP contribution in [0.3, 0.4) is 0 Å². The lowest BCUT2D eigenvalue weighted by molar-refractivity contribution is -0.115. The first-order valence-corrected chi connectivity index (χ1v) is 5.46. The quantitative estimate of drug-likeness (QED) is 0.871. The minimum Gasteiger partial charge on any atom is -0.479 e. The number of nitrogens with zero attached hydrogens (tertiary/aromatic N) is 2. The predicted molar refractivity (Wildman–Crippen MR) is 65.4 cm³/mol. The zero-order chi connectivity index (χ0) is 13.3. The summed E-state index contributed by atoms with van der Waals surface area (Å²) in [5.74, 6) is 0.158. The molecule has 0 aliphatic carbocycles. The van der Waals surface area contributed by atoms with Crippen LogP contribution in [0.15, 0.2) is 6.20 Å². The number of nitrogens with one attached hydrogen (secondary N) is 1. The molecule has 17 heavy (non-hydrogen) atoms. The lowest BCUT2D eigenvalue weighted by atomic mass is 10.4. The summed E-state index contributed by atoms with van der Waals surface area (Å²) < 4.78 is 9.82. The van der Waals surface area contributed by atoms with Crippen LogP contribution in [-0.2, 0) is 4.79 Å². The van der Waals surface area contributed by atoms with Gasteiger partial charge in [0.05, 0.1) is 20.4 Å². The maximum Gasteiger partial charge on any atom is 0.319 e. The number of hydrogen-bond acceptors (Lipinski definition) is 5. The summed E-state index contributed by atoms with van der Waals surface area (Å²) in [6, 6.07) is 0.196. The Morgan fingerprint density at radius 1 is 1.35 bits per heavy atom. The van der Waals surface area contributed by atoms with Gasteiger partial charge in [0.2, 0.25) is 11.8 Å². The van der Waals surface area contributed by atoms with Gasteiger partial charge in [-0.3, -0.25) is 4.79 Å². The van der Waals surface area contributed by atoms with Crippen LogP contribution in [0.1, 0.15) is 27.2 Å². The van der Waals surface area contributed by atoms with Crippen molar-refractivity contribution < 1.29 is 14.3 Å². The largest absolute Gasteiger partial charge is 0.479 e. The Bertz CT molecular complexity index is 356. The molecule has 0 bridgehead atoms. The van der Waals surface area contributed by atoms with Gasteiger partial charge in [0.15, 0.2) is 0 Å². The fourth-order valence-corrected chi connectivity index (χ4v) is 0.929. The standard InChI is InChI=1S/C9H13N3O3.C2H6/c1-4-7(13)11-6-5-10-9(15-3)12-8(6)14-2;1-2/h5H,4H2,1-3H3,(H,11,13);1-2H3. The molecule has 0 saturated heterocycles. The fraction of sp³-hybridized carbons (Fsp3) is 0.545. The third-order valence-electron chi connectivity index (χ3n) is 1.70. The van der Waals surface area contributed by atoms with Crippen molar-refractivity contribution >= 4 is 11.6 Å². The Kier molecular flexibility index (Phi) is 7.41. The van der Waals surface area contributed by atoms with Crippen LogP contribution in [-0.4, -0.2) is 30.1 Å². The number of carbonyl (C=O) groups is 1. The summed E-state index contributed by atoms with van der Waals surface area (Å²) >= 11 is 0. The number of aromatic nitrogens is 2. The second-order valence-corrected chi connectivity index (χ2v) is 2.68. The fourth-order valence-electron chi connectivity index (χ4n) is 0.929. The summed E-state index contributed by atoms with van der Waals surface area (Å²) in [6.45, 7) is 5.76. The molecule has 0 fully saturated rings. The Hall–Kier alpha value is -1.85. The van der Waals surface area contributed by atoms with Crippen molar-refractivity contribution in [2.45, 2.75) is 27.2 Å². The van der Waals surface area contributed by atoms with Crippen LogP contribution < -0.4 is 14.8 Å². The molecule has 1 heterocycles. The van der Waals surface area contributed by atoms with Gasteiger partial charge in [-0.25, -0.2) is 4.98 Å². The van der Waals surface area contributed by atoms with E-state index in [1.54, 1.807) is 6.92 Å². The van der Waals surface area contributed by atoms with Crippen LogP contribution in [0.25, 0.3) is 0 Å². The Morgan fingerprint density at radius 3 is 2.47 bits per heavy atom. The van der Waals surface area contributed by atoms with Crippen molar-refractivity contribution in [2.75, 3.05) is 19.5 Å². The summed E-state index contributed by atoms with van der Waals surface area (Å²) in [5, 5.41) is 2.62. The maximum absolute atomic E-state index is 11.2. The lowest BCUT2D eigenvalue weighted by Gasteiger charge is -2.08. The van der Waals surface area contributed by atoms with E-state index >= 15 is 0 Å². The first-order valence-electron chi connectivity index (χ1n) is 5.46. The molecule has 6 heteroatoms. The summed E-state index contributed by atoms with van der Waals surface area (Å²) in [5.41, 5.74) is 0.435. The van der Waals surface area contributed by atoms with Crippen LogP contribution in [0.4, 0.5) is 5.69 Å². The average molecular weight is 241 g/mol. The molecule has 0 aliphatic rings. The van der Waals surface area contributed by atoms with Gasteiger partial charge in [-0.15, -0.1) is 0 Å². The number of rotatable bonds is 4. The van der Waals surface area contributed by atoms with Gasteiger partial charge < -0.3 is 14.8 Å². The number of hydrogen-bond donors (Lipinski definition) is 1. The molecule has 0 spiro atoms. The Labute approximate surface area is 101 Å². The molecule has 1 aromatic rings. The highest BCUT2D eigenvalue weighted by atomic mass is 16.5. The molecule has 1 N–H and O–H groups in total. The molecular weight excluding hydrogens is 222 g/mol. The van der Waals surface area contributed by atoms with E-state index in [-0.39, 0.29) is 17.8 Å². The van der Waals surface area contributed by atoms with Gasteiger partial charge in [-0.05, 0) is 0 Å². The zero-order valence-electron chi connectivity index (χ0n) is 10.9. The molecule has 1 rings (SSSR count). The van der Waals surface area contributed by atoms with E-state index in [0.717, 1.165) is 0 Å². The highest BCUT2D eigenvalue weighted by Gasteiger charge is 2.09. The van der Waals surface area contributed by atoms with Gasteiger partial charge >= 0.3 is 6.01 Å². The molecule has 1 aromatic heterocycles. The Morgan fingerprint density at radius 2 is 2.00 bits per heavy atom. The van der Waals surface area contributed by atoms with Gasteiger partial charge in [0, 0.05) is 6.42 Å². The van der Waals surface area contributed by atoms with Gasteiger partial charge in [0.1, 0.15) is 5.69 Å². The second-order valence-electron chi connectivity index (χ2n) is 2.68. The molecule has 6 nitrogen and oxygen atoms in total. The van der Waals surface area contributed by atoms with Gasteiger partial charge in [-0.2, -0.15) is 4.98 Å². The third kappa shape index (κ3) is 4.67. The number of amides is 1. The molecule has 0 atom stereocenters. The molecular formula is C11H19N3O3. The lowest BCUT2D eigenvalue weighted by Crippen LogP contribution is -2.11. The van der Waals surface area contributed by atoms with E-state index in [0.29, 0.717) is 12.1 Å². The highest BCUT2D eigenvalue weighted by Crippen LogP contribution is 2.22. The van der Waals surface area contributed by atoms with Crippen LogP contribution in [0.5, 0.6) is 11.9 Å². The monoisotopic (exact) mass is 241 g/mol. The van der Waals surface area contributed by atoms with E-state index < -0.39 is 0 Å². The van der Waals surface area contributed by atoms with Crippen molar-refractivity contribution in [1.29, 1.82) is 0 Å². The predicted octanol–water partition coefficient (Wildman–Crippen LogP) is 1.87. The third-order valence-corrected chi connectivity index (χ3v) is 1.70. The number of methoxy groups -OCH3 is 2. The first-order chi connectivity index (χ1) is 8.21. The number of carbonyl (C=O) groups excluding carboxylic acids is 1. The minimum absolute atomic E-state index is 0.123. The SMILES string of the molecule is CC.CCC(=O)Nc1cnc(OC)nc1OC. The summed E-state index contributed by atoms with van der Waals surface area (Å²) in [7, 11) is 2.92. The molecule has 0 radical (unpaired) electrons. The van der Waals surface area contributed by atoms with Crippen LogP contribution in [0.2, 0.25) is 0 Å². The molecule has 96 valence electrons. The smallest absolute Gasteiger partial charge is 0.319 e. The average Bonchev–Trinajstić information content (AvgIpc) is 2.41. The highest BCUT2D eigenvalue weighted by molar-refractivity contribution is 5.91. The molecule has 0 unspecified atom stereocenters. The molecule has 0 saturated carbocycles. The second kappa shape index (κ2) is 8.32. The van der Waals surface area contributed by atoms with E-state index in [2.05, 4.69) is 15.3 Å². The van der Waals surface area contributed by atoms with E-state index in [9.17, 15) is 4.79 Å². The van der Waals surface area contributed by atoms with E-state index in [4.69, 9.17) is 9.47 Å². The van der Waals surface area contributed by atoms with Crippen molar-refractivity contribution in [1.82, 2.24) is 9.97 Å². The summed E-state index contributed by atoms with van der Waals surface area (Å²) in [6.07, 6.45) is 1.83. The first kappa shape index (κ1) is 15.2. The molecule has 1 amide bonds. The van der Waals surface area contributed by atoms with Crippen molar-refractivity contribution in [3.05, 3.63) is 6.20 Å². The van der Waals surface area contributed by atoms with E-state index in [1.165, 1.54) is 20.4 Å². The number of ether oxygens (including phenoxy) is 2. The van der Waals surface area contributed by atoms with Gasteiger partial charge in [-0.1, -0.05) is 20.8 Å². The van der Waals surface area contributed by atoms with Crippen molar-refractivity contribution in [3.8, 4) is 11.9 Å². The van der Waals surface area contributed by atoms with Crippen molar-refractivity contribution in [2.24, 2.45) is 0 Å². The minimum atomic E-state index is -0.123. The number of anilines is 1. The van der Waals surface area contributed by atoms with E-state index in [1.807, 2.05) is 13.8 Å². The van der Waals surface area contributed by atoms with Crippen LogP contribution >= 0.6 is 0 Å². The zero-order valence-corrected chi connectivity index (χ0v) is 10.9. The molecule has 0 aliphatic heterocycles. The maximum atomic E-state index is 11.2. The van der Waals surface area contributed by atoms with Gasteiger partial charge in [0.25, 0.3) is 0 Å². The van der Waals surface area contributed by atoms with Crippen molar-refractivity contribution in [3.63, 3.8) is 0 Å². The topological polar surface area (TPSA) is 73.3 Å². The Balaban J connectivity index is 0.00000121. The normalized spacial score (nSPS) is 8.76.